The first-order chi connectivity index (χ1) is 28.8. The molecule has 3 N–H and O–H groups in total. The number of methoxy groups -OCH3 is 1. The summed E-state index contributed by atoms with van der Waals surface area (Å²) >= 11 is 0. The third-order valence-corrected chi connectivity index (χ3v) is 11.7. The molecule has 0 bridgehead atoms. The summed E-state index contributed by atoms with van der Waals surface area (Å²) in [6, 6.07) is 20.7. The molecule has 2 saturated heterocycles. The zero-order valence-electron chi connectivity index (χ0n) is 35.1. The molecule has 14 nitrogen and oxygen atoms in total. The van der Waals surface area contributed by atoms with Crippen LogP contribution in [-0.2, 0) is 20.8 Å². The molecule has 14 heteroatoms. The average Bonchev–Trinajstić information content (AvgIpc) is 3.92. The van der Waals surface area contributed by atoms with Crippen molar-refractivity contribution < 1.29 is 19.1 Å². The Labute approximate surface area is 350 Å². The number of carbonyl (C=O) groups is 3. The van der Waals surface area contributed by atoms with Crippen molar-refractivity contribution in [2.45, 2.75) is 65.8 Å². The first-order valence-electron chi connectivity index (χ1n) is 20.7. The summed E-state index contributed by atoms with van der Waals surface area (Å²) < 4.78 is 5.57. The second-order valence-corrected chi connectivity index (χ2v) is 16.9. The van der Waals surface area contributed by atoms with E-state index in [2.05, 4.69) is 96.1 Å². The zero-order chi connectivity index (χ0) is 42.1. The number of carbonyl (C=O) groups excluding carboxylic acids is 3. The number of fused-ring (bicyclic) bond motifs is 1. The Kier molecular flexibility index (Phi) is 11.3. The first-order valence-corrected chi connectivity index (χ1v) is 20.7. The second kappa shape index (κ2) is 16.8. The Bertz CT molecular complexity index is 2510. The number of aliphatic imine (C=N–C) groups is 2. The molecule has 1 unspecified atom stereocenters. The van der Waals surface area contributed by atoms with E-state index in [-0.39, 0.29) is 29.2 Å². The lowest BCUT2D eigenvalue weighted by atomic mass is 9.91. The van der Waals surface area contributed by atoms with Crippen molar-refractivity contribution in [1.29, 1.82) is 0 Å². The van der Waals surface area contributed by atoms with Crippen molar-refractivity contribution >= 4 is 46.0 Å². The fourth-order valence-corrected chi connectivity index (χ4v) is 8.24. The first kappa shape index (κ1) is 40.5. The summed E-state index contributed by atoms with van der Waals surface area (Å²) in [6.45, 7) is 15.1. The maximum Gasteiger partial charge on any atom is 0.268 e. The number of rotatable bonds is 11. The van der Waals surface area contributed by atoms with Gasteiger partial charge >= 0.3 is 0 Å². The highest BCUT2D eigenvalue weighted by molar-refractivity contribution is 6.42. The number of ether oxygens (including phenoxy) is 1. The molecule has 0 spiro atoms. The zero-order valence-corrected chi connectivity index (χ0v) is 35.1. The van der Waals surface area contributed by atoms with Crippen molar-refractivity contribution in [3.8, 4) is 28.3 Å². The third kappa shape index (κ3) is 8.55. The molecule has 8 rings (SSSR count). The van der Waals surface area contributed by atoms with Crippen molar-refractivity contribution in [2.24, 2.45) is 15.4 Å². The highest BCUT2D eigenvalue weighted by Crippen LogP contribution is 2.34. The van der Waals surface area contributed by atoms with Crippen LogP contribution in [0.15, 0.2) is 76.8 Å². The smallest absolute Gasteiger partial charge is 0.268 e. The number of pyridine rings is 2. The minimum atomic E-state index is -0.430. The molecule has 0 aliphatic carbocycles. The number of H-pyrrole nitrogens is 1. The van der Waals surface area contributed by atoms with Crippen LogP contribution in [-0.4, -0.2) is 101 Å². The number of hydrogen-bond acceptors (Lipinski definition) is 11. The van der Waals surface area contributed by atoms with Crippen LogP contribution >= 0.6 is 0 Å². The van der Waals surface area contributed by atoms with E-state index in [0.717, 1.165) is 89.3 Å². The maximum absolute atomic E-state index is 13.0. The average molecular weight is 809 g/mol. The summed E-state index contributed by atoms with van der Waals surface area (Å²) in [7, 11) is 1.57. The number of piperidine rings is 1. The summed E-state index contributed by atoms with van der Waals surface area (Å²) in [4.78, 5) is 60.4. The van der Waals surface area contributed by atoms with Gasteiger partial charge in [-0.1, -0.05) is 51.1 Å². The summed E-state index contributed by atoms with van der Waals surface area (Å²) in [5, 5.41) is 14.2. The van der Waals surface area contributed by atoms with E-state index < -0.39 is 5.92 Å². The molecule has 0 radical (unpaired) electrons. The number of anilines is 1. The van der Waals surface area contributed by atoms with Gasteiger partial charge < -0.3 is 15.0 Å². The molecule has 2 fully saturated rings. The van der Waals surface area contributed by atoms with Crippen LogP contribution in [0.2, 0.25) is 0 Å². The molecule has 3 amide bonds. The normalized spacial score (nSPS) is 18.0. The maximum atomic E-state index is 13.0. The highest BCUT2D eigenvalue weighted by Gasteiger charge is 2.31. The molecule has 60 heavy (non-hydrogen) atoms. The number of benzene rings is 2. The van der Waals surface area contributed by atoms with Crippen molar-refractivity contribution in [3.63, 3.8) is 0 Å². The molecule has 6 heterocycles. The molecule has 2 atom stereocenters. The van der Waals surface area contributed by atoms with E-state index in [1.807, 2.05) is 46.0 Å². The molecule has 5 aromatic rings. The van der Waals surface area contributed by atoms with E-state index in [1.165, 1.54) is 5.69 Å². The molecule has 3 aliphatic heterocycles. The van der Waals surface area contributed by atoms with Crippen LogP contribution in [0.25, 0.3) is 33.4 Å². The standard InChI is InChI=1S/C46H52N10O4/c1-27-23-30(9-13-34(27)28(2)49-43(59)38-26-48-45(51-38)46(3,4)5)40-37-24-31(25-47-41(37)54-53-40)29-7-11-33(12-8-29)56-21-19-55(20-22-56)18-17-32-10-14-36(44(50-32)60-6)35-15-16-39(57)52-42(35)58/h7-14,23-25,28,35H,15-22,26H2,1-6H3,(H,49,59)(H,47,53,54)(H,52,57,58)/t28-,35?/m1/s1. The van der Waals surface area contributed by atoms with Gasteiger partial charge in [-0.15, -0.1) is 0 Å². The van der Waals surface area contributed by atoms with Gasteiger partial charge in [0.2, 0.25) is 17.7 Å². The Morgan fingerprint density at radius 3 is 2.45 bits per heavy atom. The number of amides is 3. The minimum Gasteiger partial charge on any atom is -0.481 e. The minimum absolute atomic E-state index is 0.191. The summed E-state index contributed by atoms with van der Waals surface area (Å²) in [5.41, 5.74) is 9.78. The quantitative estimate of drug-likeness (QED) is 0.136. The number of imide groups is 1. The van der Waals surface area contributed by atoms with Crippen LogP contribution in [0.1, 0.15) is 74.9 Å². The number of aromatic nitrogens is 4. The SMILES string of the molecule is COc1nc(CCN2CCN(c3ccc(-c4cnc5n[nH]c(-c6ccc([C@@H](C)NC(=O)C7=NC(C(C)(C)C)=NC7)c(C)c6)c5c4)cc3)CC2)ccc1C1CCC(=O)NC1=O. The number of aryl methyl sites for hydroxylation is 1. The Balaban J connectivity index is 0.869. The van der Waals surface area contributed by atoms with Crippen molar-refractivity contribution in [2.75, 3.05) is 51.3 Å². The van der Waals surface area contributed by atoms with E-state index in [0.29, 0.717) is 42.5 Å². The van der Waals surface area contributed by atoms with Gasteiger partial charge in [0, 0.05) is 90.6 Å². The van der Waals surface area contributed by atoms with Crippen LogP contribution < -0.4 is 20.3 Å². The highest BCUT2D eigenvalue weighted by atomic mass is 16.5. The largest absolute Gasteiger partial charge is 0.481 e. The summed E-state index contributed by atoms with van der Waals surface area (Å²) in [5.74, 6) is 0.00945. The van der Waals surface area contributed by atoms with Gasteiger partial charge in [-0.3, -0.25) is 34.7 Å². The van der Waals surface area contributed by atoms with E-state index >= 15 is 0 Å². The number of amidine groups is 1. The van der Waals surface area contributed by atoms with Gasteiger partial charge in [0.15, 0.2) is 5.65 Å². The van der Waals surface area contributed by atoms with E-state index in [9.17, 15) is 14.4 Å². The van der Waals surface area contributed by atoms with Gasteiger partial charge in [0.25, 0.3) is 5.91 Å². The molecule has 0 saturated carbocycles. The number of nitrogens with one attached hydrogen (secondary N) is 3. The Hall–Kier alpha value is -6.28. The van der Waals surface area contributed by atoms with Crippen LogP contribution in [0.5, 0.6) is 5.88 Å². The van der Waals surface area contributed by atoms with Gasteiger partial charge in [-0.25, -0.2) is 15.0 Å². The number of aromatic amines is 1. The molecular formula is C46H52N10O4. The number of piperazine rings is 1. The Morgan fingerprint density at radius 2 is 1.75 bits per heavy atom. The number of nitrogens with zero attached hydrogens (tertiary/aromatic N) is 7. The van der Waals surface area contributed by atoms with E-state index in [1.54, 1.807) is 7.11 Å². The predicted octanol–water partition coefficient (Wildman–Crippen LogP) is 5.97. The lowest BCUT2D eigenvalue weighted by Gasteiger charge is -2.36. The van der Waals surface area contributed by atoms with Gasteiger partial charge in [0.1, 0.15) is 11.5 Å². The molecule has 2 aromatic carbocycles. The molecular weight excluding hydrogens is 757 g/mol. The molecule has 310 valence electrons. The van der Waals surface area contributed by atoms with Gasteiger partial charge in [0.05, 0.1) is 31.3 Å². The Morgan fingerprint density at radius 1 is 0.983 bits per heavy atom. The molecule has 3 aliphatic rings. The predicted molar refractivity (Wildman–Crippen MR) is 234 cm³/mol. The lowest BCUT2D eigenvalue weighted by Crippen LogP contribution is -2.47. The van der Waals surface area contributed by atoms with Crippen molar-refractivity contribution in [3.05, 3.63) is 89.2 Å². The van der Waals surface area contributed by atoms with E-state index in [4.69, 9.17) is 14.7 Å². The molecule has 3 aromatic heterocycles. The monoisotopic (exact) mass is 808 g/mol. The fraction of sp³-hybridized carbons (Fsp3) is 0.391. The summed E-state index contributed by atoms with van der Waals surface area (Å²) in [6.07, 6.45) is 3.42. The van der Waals surface area contributed by atoms with Crippen LogP contribution in [0.3, 0.4) is 0 Å². The van der Waals surface area contributed by atoms with Crippen LogP contribution in [0.4, 0.5) is 5.69 Å². The fourth-order valence-electron chi connectivity index (χ4n) is 8.24. The van der Waals surface area contributed by atoms with Crippen molar-refractivity contribution in [1.82, 2.24) is 35.7 Å². The van der Waals surface area contributed by atoms with Crippen LogP contribution in [0, 0.1) is 12.3 Å². The third-order valence-electron chi connectivity index (χ3n) is 11.7. The number of hydrogen-bond donors (Lipinski definition) is 3. The van der Waals surface area contributed by atoms with Gasteiger partial charge in [-0.05, 0) is 67.3 Å². The second-order valence-electron chi connectivity index (χ2n) is 16.9. The topological polar surface area (TPSA) is 170 Å². The lowest BCUT2D eigenvalue weighted by molar-refractivity contribution is -0.134. The van der Waals surface area contributed by atoms with Gasteiger partial charge in [-0.2, -0.15) is 5.10 Å².